The Labute approximate surface area is 345 Å². The Morgan fingerprint density at radius 2 is 1.16 bits per heavy atom. The number of ether oxygens (including phenoxy) is 1. The molecule has 5 N–H and O–H groups in total. The first-order valence-electron chi connectivity index (χ1n) is 23.8. The van der Waals surface area contributed by atoms with Crippen LogP contribution < -0.4 is 5.73 Å². The third kappa shape index (κ3) is 7.61. The van der Waals surface area contributed by atoms with Gasteiger partial charge in [0, 0.05) is 31.2 Å². The van der Waals surface area contributed by atoms with Crippen molar-refractivity contribution < 1.29 is 34.4 Å². The van der Waals surface area contributed by atoms with E-state index in [1.807, 2.05) is 0 Å². The number of aliphatic hydroxyl groups excluding tert-OH is 2. The number of nitrogens with two attached hydrogens (primary N) is 1. The number of ketones is 1. The summed E-state index contributed by atoms with van der Waals surface area (Å²) >= 11 is 0. The van der Waals surface area contributed by atoms with Gasteiger partial charge in [-0.15, -0.1) is 0 Å². The predicted molar refractivity (Wildman–Crippen MR) is 223 cm³/mol. The number of aliphatic carboxylic acids is 1. The molecule has 8 fully saturated rings. The van der Waals surface area contributed by atoms with Gasteiger partial charge in [-0.3, -0.25) is 14.4 Å². The van der Waals surface area contributed by atoms with Gasteiger partial charge in [0.1, 0.15) is 5.78 Å². The highest BCUT2D eigenvalue weighted by atomic mass is 16.5. The Bertz CT molecular complexity index is 1480. The van der Waals surface area contributed by atoms with Crippen LogP contribution >= 0.6 is 0 Å². The van der Waals surface area contributed by atoms with E-state index in [9.17, 15) is 24.6 Å². The molecule has 8 rings (SSSR count). The van der Waals surface area contributed by atoms with Crippen molar-refractivity contribution in [2.45, 2.75) is 188 Å². The lowest BCUT2D eigenvalue weighted by Crippen LogP contribution is -2.60. The molecule has 0 aromatic rings. The molecule has 8 saturated carbocycles. The van der Waals surface area contributed by atoms with Crippen molar-refractivity contribution in [1.29, 1.82) is 0 Å². The summed E-state index contributed by atoms with van der Waals surface area (Å²) in [6, 6.07) is 0.289. The molecule has 0 aliphatic heterocycles. The molecule has 324 valence electrons. The number of carboxylic acids is 1. The van der Waals surface area contributed by atoms with E-state index in [1.165, 1.54) is 45.6 Å². The van der Waals surface area contributed by atoms with Crippen LogP contribution in [0.4, 0.5) is 0 Å². The number of carbonyl (C=O) groups excluding carboxylic acids is 2. The van der Waals surface area contributed by atoms with E-state index in [4.69, 9.17) is 15.6 Å². The predicted octanol–water partition coefficient (Wildman–Crippen LogP) is 9.22. The molecule has 0 aromatic heterocycles. The van der Waals surface area contributed by atoms with Gasteiger partial charge in [0.15, 0.2) is 0 Å². The molecule has 0 saturated heterocycles. The number of hydrogen-bond donors (Lipinski definition) is 4. The van der Waals surface area contributed by atoms with Crippen LogP contribution in [-0.4, -0.2) is 58.4 Å². The first-order valence-corrected chi connectivity index (χ1v) is 23.8. The summed E-state index contributed by atoms with van der Waals surface area (Å²) < 4.78 is 4.88. The van der Waals surface area contributed by atoms with E-state index in [2.05, 4.69) is 41.5 Å². The van der Waals surface area contributed by atoms with E-state index < -0.39 is 5.97 Å². The van der Waals surface area contributed by atoms with Crippen LogP contribution in [0.2, 0.25) is 0 Å². The molecule has 0 unspecified atom stereocenters. The summed E-state index contributed by atoms with van der Waals surface area (Å²) in [6.45, 7) is 14.5. The Morgan fingerprint density at radius 1 is 0.684 bits per heavy atom. The van der Waals surface area contributed by atoms with Crippen LogP contribution in [0.1, 0.15) is 170 Å². The lowest BCUT2D eigenvalue weighted by atomic mass is 9.43. The van der Waals surface area contributed by atoms with Gasteiger partial charge in [-0.1, -0.05) is 41.5 Å². The number of methoxy groups -OCH3 is 1. The molecule has 0 bridgehead atoms. The molecule has 19 atom stereocenters. The minimum absolute atomic E-state index is 0.0759. The molecule has 0 radical (unpaired) electrons. The molecule has 8 heteroatoms. The van der Waals surface area contributed by atoms with Gasteiger partial charge in [-0.2, -0.15) is 0 Å². The summed E-state index contributed by atoms with van der Waals surface area (Å²) in [4.78, 5) is 36.1. The van der Waals surface area contributed by atoms with E-state index >= 15 is 0 Å². The van der Waals surface area contributed by atoms with Gasteiger partial charge in [0.2, 0.25) is 0 Å². The second kappa shape index (κ2) is 16.4. The van der Waals surface area contributed by atoms with Crippen LogP contribution in [0.15, 0.2) is 0 Å². The highest BCUT2D eigenvalue weighted by molar-refractivity contribution is 5.83. The number of fused-ring (bicyclic) bond motifs is 10. The summed E-state index contributed by atoms with van der Waals surface area (Å²) in [5, 5.41) is 29.5. The summed E-state index contributed by atoms with van der Waals surface area (Å²) in [5.74, 6) is 6.13. The molecule has 0 spiro atoms. The number of hydrogen-bond acceptors (Lipinski definition) is 7. The average Bonchev–Trinajstić information content (AvgIpc) is 3.71. The second-order valence-electron chi connectivity index (χ2n) is 22.8. The van der Waals surface area contributed by atoms with Crippen LogP contribution in [0.25, 0.3) is 0 Å². The van der Waals surface area contributed by atoms with Crippen LogP contribution in [0, 0.1) is 92.7 Å². The van der Waals surface area contributed by atoms with Crippen molar-refractivity contribution in [3.05, 3.63) is 0 Å². The second-order valence-corrected chi connectivity index (χ2v) is 22.8. The largest absolute Gasteiger partial charge is 0.481 e. The number of rotatable bonds is 8. The first-order chi connectivity index (χ1) is 26.9. The molecule has 0 heterocycles. The van der Waals surface area contributed by atoms with Crippen molar-refractivity contribution in [2.24, 2.45) is 98.4 Å². The Kier molecular flexibility index (Phi) is 12.5. The Morgan fingerprint density at radius 3 is 1.75 bits per heavy atom. The maximum Gasteiger partial charge on any atom is 0.305 e. The zero-order chi connectivity index (χ0) is 41.2. The number of esters is 1. The SMILES string of the molecule is COC(=O)CC[C@@H](C)[C@H]1CC[C@H]2[C@@H]3[C@H](N)C[C@@H]4C[C@H](O)CC[C@]4(C)[C@H]3CC[C@]12C.C[C@H](CCC(=O)O)[C@H]1CC[C@H]2[C@@H]3C(=O)C[C@@H]4C[C@H](O)CC[C@]4(C)[C@H]3CC[C@]12C. The molecule has 8 aliphatic carbocycles. The average molecular weight is 796 g/mol. The van der Waals surface area contributed by atoms with E-state index in [0.29, 0.717) is 82.7 Å². The highest BCUT2D eigenvalue weighted by Crippen LogP contribution is 2.69. The van der Waals surface area contributed by atoms with Crippen molar-refractivity contribution in [3.63, 3.8) is 0 Å². The molecule has 57 heavy (non-hydrogen) atoms. The summed E-state index contributed by atoms with van der Waals surface area (Å²) in [6.07, 6.45) is 19.6. The molecule has 0 amide bonds. The summed E-state index contributed by atoms with van der Waals surface area (Å²) in [7, 11) is 1.49. The van der Waals surface area contributed by atoms with Gasteiger partial charge in [0.25, 0.3) is 0 Å². The van der Waals surface area contributed by atoms with Crippen LogP contribution in [0.5, 0.6) is 0 Å². The van der Waals surface area contributed by atoms with Crippen molar-refractivity contribution >= 4 is 17.7 Å². The van der Waals surface area contributed by atoms with Crippen molar-refractivity contribution in [3.8, 4) is 0 Å². The van der Waals surface area contributed by atoms with Gasteiger partial charge in [0.05, 0.1) is 19.3 Å². The van der Waals surface area contributed by atoms with Crippen molar-refractivity contribution in [2.75, 3.05) is 7.11 Å². The van der Waals surface area contributed by atoms with Gasteiger partial charge in [-0.25, -0.2) is 0 Å². The molecule has 8 aliphatic rings. The highest BCUT2D eigenvalue weighted by Gasteiger charge is 2.64. The molecular formula is C49H81NO7. The number of Topliss-reactive ketones (excluding diaryl/α,β-unsaturated/α-hetero) is 1. The standard InChI is InChI=1S/C25H43NO3.C24H38O4/c1-15(5-8-22(28)29-4)18-6-7-19-23-20(10-12-25(18,19)3)24(2)11-9-17(27)13-16(24)14-21(23)26;1-14(4-7-21(27)28)17-5-6-18-22-19(9-11-24(17,18)3)23(2)10-8-16(25)12-15(23)13-20(22)26/h15-21,23,27H,5-14,26H2,1-4H3;14-19,22,25H,4-13H2,1-3H3,(H,27,28)/t15-,16+,17-,18-,19+,20+,21-,23+,24+,25-;14-,15+,16-,17-,18+,19+,22+,23+,24-/m11/s1. The fraction of sp³-hybridized carbons (Fsp3) is 0.939. The van der Waals surface area contributed by atoms with Gasteiger partial charge < -0.3 is 25.8 Å². The fourth-order valence-corrected chi connectivity index (χ4v) is 17.4. The minimum Gasteiger partial charge on any atom is -0.481 e. The normalized spacial score (nSPS) is 49.6. The Hall–Kier alpha value is -1.51. The smallest absolute Gasteiger partial charge is 0.305 e. The molecule has 0 aromatic carbocycles. The van der Waals surface area contributed by atoms with E-state index in [1.54, 1.807) is 0 Å². The van der Waals surface area contributed by atoms with Gasteiger partial charge in [-0.05, 0) is 196 Å². The van der Waals surface area contributed by atoms with Crippen LogP contribution in [-0.2, 0) is 19.1 Å². The maximum absolute atomic E-state index is 13.3. The molecule has 8 nitrogen and oxygen atoms in total. The third-order valence-corrected chi connectivity index (χ3v) is 20.5. The van der Waals surface area contributed by atoms with E-state index in [-0.39, 0.29) is 47.4 Å². The Balaban J connectivity index is 0.000000174. The lowest BCUT2D eigenvalue weighted by Gasteiger charge is -2.63. The zero-order valence-corrected chi connectivity index (χ0v) is 36.9. The lowest BCUT2D eigenvalue weighted by molar-refractivity contribution is -0.160. The van der Waals surface area contributed by atoms with Gasteiger partial charge >= 0.3 is 11.9 Å². The first kappa shape index (κ1) is 43.6. The quantitative estimate of drug-likeness (QED) is 0.178. The fourth-order valence-electron chi connectivity index (χ4n) is 17.4. The minimum atomic E-state index is -0.698. The zero-order valence-electron chi connectivity index (χ0n) is 36.9. The number of carbonyl (C=O) groups is 3. The number of aliphatic hydroxyl groups is 2. The monoisotopic (exact) mass is 796 g/mol. The van der Waals surface area contributed by atoms with E-state index in [0.717, 1.165) is 82.5 Å². The third-order valence-electron chi connectivity index (χ3n) is 20.5. The topological polar surface area (TPSA) is 147 Å². The van der Waals surface area contributed by atoms with Crippen LogP contribution in [0.3, 0.4) is 0 Å². The van der Waals surface area contributed by atoms with Crippen molar-refractivity contribution in [1.82, 2.24) is 0 Å². The summed E-state index contributed by atoms with van der Waals surface area (Å²) in [5.41, 5.74) is 8.05. The maximum atomic E-state index is 13.3. The number of carboxylic acid groups (broad SMARTS) is 1. The molecular weight excluding hydrogens is 715 g/mol.